The van der Waals surface area contributed by atoms with E-state index in [4.69, 9.17) is 12.3 Å². The molecule has 3 N–H and O–H groups in total. The standard InChI is InChI=1S/C20H18N6O2/c1-23-13-3-2-4-14(9-13)24-20(28)25-7-8-26-16(11-25)17(19(22)27)15(10-21)18(26)12-5-6-12/h2-4,9,12H,5-8,11H2,(H2,22,27)(H,24,28). The quantitative estimate of drug-likeness (QED) is 0.806. The van der Waals surface area contributed by atoms with Crippen molar-refractivity contribution < 1.29 is 9.59 Å². The van der Waals surface area contributed by atoms with Crippen LogP contribution in [0.5, 0.6) is 0 Å². The Hall–Kier alpha value is -3.78. The summed E-state index contributed by atoms with van der Waals surface area (Å²) in [5.74, 6) is -0.350. The van der Waals surface area contributed by atoms with Crippen LogP contribution in [0.25, 0.3) is 4.85 Å². The maximum atomic E-state index is 12.7. The molecule has 140 valence electrons. The Labute approximate surface area is 162 Å². The number of aromatic nitrogens is 1. The summed E-state index contributed by atoms with van der Waals surface area (Å²) in [5, 5.41) is 12.4. The van der Waals surface area contributed by atoms with Crippen molar-refractivity contribution in [2.45, 2.75) is 31.8 Å². The normalized spacial score (nSPS) is 15.3. The molecule has 2 heterocycles. The SMILES string of the molecule is [C-]#[N+]c1cccc(NC(=O)N2CCn3c(c(C(N)=O)c(C#N)c3C3CC3)C2)c1. The lowest BCUT2D eigenvalue weighted by Crippen LogP contribution is -2.41. The molecule has 0 saturated heterocycles. The van der Waals surface area contributed by atoms with E-state index in [1.54, 1.807) is 29.2 Å². The molecule has 2 aromatic rings. The number of nitrogens with two attached hydrogens (primary N) is 1. The highest BCUT2D eigenvalue weighted by Crippen LogP contribution is 2.44. The molecule has 1 fully saturated rings. The van der Waals surface area contributed by atoms with Crippen molar-refractivity contribution in [2.75, 3.05) is 11.9 Å². The van der Waals surface area contributed by atoms with Gasteiger partial charge in [-0.3, -0.25) is 4.79 Å². The molecule has 0 spiro atoms. The highest BCUT2D eigenvalue weighted by Gasteiger charge is 2.37. The van der Waals surface area contributed by atoms with E-state index in [0.717, 1.165) is 18.5 Å². The molecule has 1 aliphatic carbocycles. The predicted octanol–water partition coefficient (Wildman–Crippen LogP) is 2.93. The number of carbonyl (C=O) groups is 2. The number of fused-ring (bicyclic) bond motifs is 1. The number of nitriles is 1. The molecule has 1 aromatic heterocycles. The van der Waals surface area contributed by atoms with Crippen LogP contribution in [-0.4, -0.2) is 28.0 Å². The van der Waals surface area contributed by atoms with Gasteiger partial charge in [0.2, 0.25) is 0 Å². The van der Waals surface area contributed by atoms with Gasteiger partial charge in [-0.2, -0.15) is 5.26 Å². The van der Waals surface area contributed by atoms with E-state index in [9.17, 15) is 14.9 Å². The number of nitrogens with zero attached hydrogens (tertiary/aromatic N) is 4. The topological polar surface area (TPSA) is 109 Å². The van der Waals surface area contributed by atoms with Gasteiger partial charge in [0, 0.05) is 30.4 Å². The Morgan fingerprint density at radius 3 is 2.75 bits per heavy atom. The smallest absolute Gasteiger partial charge is 0.322 e. The lowest BCUT2D eigenvalue weighted by Gasteiger charge is -2.30. The van der Waals surface area contributed by atoms with Crippen LogP contribution in [0.4, 0.5) is 16.2 Å². The average molecular weight is 374 g/mol. The van der Waals surface area contributed by atoms with Gasteiger partial charge >= 0.3 is 6.03 Å². The Kier molecular flexibility index (Phi) is 4.25. The van der Waals surface area contributed by atoms with Crippen molar-refractivity contribution in [3.8, 4) is 6.07 Å². The fourth-order valence-electron chi connectivity index (χ4n) is 3.78. The summed E-state index contributed by atoms with van der Waals surface area (Å²) >= 11 is 0. The third kappa shape index (κ3) is 2.95. The highest BCUT2D eigenvalue weighted by atomic mass is 16.2. The van der Waals surface area contributed by atoms with Gasteiger partial charge in [-0.25, -0.2) is 9.64 Å². The molecule has 4 rings (SSSR count). The van der Waals surface area contributed by atoms with Crippen LogP contribution in [0.1, 0.15) is 46.1 Å². The molecule has 1 aliphatic heterocycles. The predicted molar refractivity (Wildman–Crippen MR) is 102 cm³/mol. The van der Waals surface area contributed by atoms with E-state index < -0.39 is 5.91 Å². The molecule has 0 radical (unpaired) electrons. The summed E-state index contributed by atoms with van der Waals surface area (Å²) in [6, 6.07) is 8.52. The van der Waals surface area contributed by atoms with E-state index >= 15 is 0 Å². The number of hydrogen-bond donors (Lipinski definition) is 2. The Morgan fingerprint density at radius 2 is 2.11 bits per heavy atom. The zero-order valence-corrected chi connectivity index (χ0v) is 15.1. The number of primary amides is 1. The summed E-state index contributed by atoms with van der Waals surface area (Å²) in [5.41, 5.74) is 8.65. The first-order valence-electron chi connectivity index (χ1n) is 9.02. The number of rotatable bonds is 3. The molecule has 0 atom stereocenters. The first kappa shape index (κ1) is 17.6. The molecular formula is C20H18N6O2. The molecule has 1 saturated carbocycles. The zero-order valence-electron chi connectivity index (χ0n) is 15.1. The lowest BCUT2D eigenvalue weighted by molar-refractivity contribution is 0.0997. The van der Waals surface area contributed by atoms with Crippen LogP contribution in [0, 0.1) is 17.9 Å². The minimum Gasteiger partial charge on any atom is -0.366 e. The molecular weight excluding hydrogens is 356 g/mol. The minimum absolute atomic E-state index is 0.202. The lowest BCUT2D eigenvalue weighted by atomic mass is 10.1. The Balaban J connectivity index is 1.62. The second-order valence-corrected chi connectivity index (χ2v) is 7.00. The van der Waals surface area contributed by atoms with Crippen LogP contribution < -0.4 is 11.1 Å². The van der Waals surface area contributed by atoms with Crippen molar-refractivity contribution >= 4 is 23.3 Å². The van der Waals surface area contributed by atoms with Gasteiger partial charge in [-0.05, 0) is 25.0 Å². The van der Waals surface area contributed by atoms with Gasteiger partial charge in [0.25, 0.3) is 5.91 Å². The van der Waals surface area contributed by atoms with Gasteiger partial charge in [0.15, 0.2) is 5.69 Å². The number of anilines is 1. The monoisotopic (exact) mass is 374 g/mol. The summed E-state index contributed by atoms with van der Waals surface area (Å²) in [4.78, 5) is 29.7. The summed E-state index contributed by atoms with van der Waals surface area (Å²) in [6.07, 6.45) is 2.00. The largest absolute Gasteiger partial charge is 0.366 e. The van der Waals surface area contributed by atoms with E-state index in [1.165, 1.54) is 0 Å². The molecule has 1 aromatic carbocycles. The van der Waals surface area contributed by atoms with Crippen molar-refractivity contribution in [3.63, 3.8) is 0 Å². The summed E-state index contributed by atoms with van der Waals surface area (Å²) in [6.45, 7) is 8.24. The van der Waals surface area contributed by atoms with Crippen LogP contribution >= 0.6 is 0 Å². The van der Waals surface area contributed by atoms with E-state index in [2.05, 4.69) is 16.2 Å². The van der Waals surface area contributed by atoms with Crippen LogP contribution in [0.3, 0.4) is 0 Å². The maximum Gasteiger partial charge on any atom is 0.322 e. The maximum absolute atomic E-state index is 12.7. The average Bonchev–Trinajstić information content (AvgIpc) is 3.47. The number of amides is 3. The number of carbonyl (C=O) groups excluding carboxylic acids is 2. The third-order valence-electron chi connectivity index (χ3n) is 5.18. The molecule has 0 unspecified atom stereocenters. The Morgan fingerprint density at radius 1 is 1.32 bits per heavy atom. The van der Waals surface area contributed by atoms with Gasteiger partial charge in [-0.1, -0.05) is 12.1 Å². The molecule has 0 bridgehead atoms. The van der Waals surface area contributed by atoms with E-state index in [-0.39, 0.29) is 18.1 Å². The first-order valence-corrected chi connectivity index (χ1v) is 9.02. The molecule has 8 nitrogen and oxygen atoms in total. The Bertz CT molecular complexity index is 1070. The second-order valence-electron chi connectivity index (χ2n) is 7.00. The number of urea groups is 1. The van der Waals surface area contributed by atoms with Gasteiger partial charge < -0.3 is 20.5 Å². The van der Waals surface area contributed by atoms with Gasteiger partial charge in [0.05, 0.1) is 29.9 Å². The third-order valence-corrected chi connectivity index (χ3v) is 5.18. The van der Waals surface area contributed by atoms with Crippen molar-refractivity contribution in [1.82, 2.24) is 9.47 Å². The zero-order chi connectivity index (χ0) is 19.8. The van der Waals surface area contributed by atoms with Gasteiger partial charge in [0.1, 0.15) is 6.07 Å². The van der Waals surface area contributed by atoms with Crippen molar-refractivity contribution in [2.24, 2.45) is 5.73 Å². The second kappa shape index (κ2) is 6.75. The molecule has 2 aliphatic rings. The van der Waals surface area contributed by atoms with Crippen molar-refractivity contribution in [1.29, 1.82) is 5.26 Å². The summed E-state index contributed by atoms with van der Waals surface area (Å²) < 4.78 is 2.00. The highest BCUT2D eigenvalue weighted by molar-refractivity contribution is 5.98. The van der Waals surface area contributed by atoms with Crippen molar-refractivity contribution in [3.05, 3.63) is 58.2 Å². The summed E-state index contributed by atoms with van der Waals surface area (Å²) in [7, 11) is 0. The van der Waals surface area contributed by atoms with Crippen LogP contribution in [0.15, 0.2) is 24.3 Å². The van der Waals surface area contributed by atoms with E-state index in [1.807, 2.05) is 4.57 Å². The number of benzene rings is 1. The molecule has 3 amide bonds. The fraction of sp³-hybridized carbons (Fsp3) is 0.300. The van der Waals surface area contributed by atoms with E-state index in [0.29, 0.717) is 41.6 Å². The molecule has 28 heavy (non-hydrogen) atoms. The van der Waals surface area contributed by atoms with Crippen LogP contribution in [-0.2, 0) is 13.1 Å². The van der Waals surface area contributed by atoms with Gasteiger partial charge in [-0.15, -0.1) is 0 Å². The minimum atomic E-state index is -0.640. The van der Waals surface area contributed by atoms with Crippen LogP contribution in [0.2, 0.25) is 0 Å². The first-order chi connectivity index (χ1) is 13.5. The fourth-order valence-corrected chi connectivity index (χ4v) is 3.78. The number of hydrogen-bond acceptors (Lipinski definition) is 3. The molecule has 8 heteroatoms. The number of nitrogens with one attached hydrogen (secondary N) is 1.